The summed E-state index contributed by atoms with van der Waals surface area (Å²) in [5.41, 5.74) is 4.09. The van der Waals surface area contributed by atoms with Gasteiger partial charge >= 0.3 is 0 Å². The SMILES string of the molecule is CN1CCCN(C(=O)CCc2c(-c3ccc(F)cc3)[nH]c3ccccc23)CC1. The van der Waals surface area contributed by atoms with E-state index in [1.54, 1.807) is 12.1 Å². The highest BCUT2D eigenvalue weighted by molar-refractivity contribution is 5.91. The first-order valence-corrected chi connectivity index (χ1v) is 9.93. The van der Waals surface area contributed by atoms with Crippen LogP contribution in [-0.2, 0) is 11.2 Å². The number of nitrogens with zero attached hydrogens (tertiary/aromatic N) is 2. The van der Waals surface area contributed by atoms with E-state index in [1.807, 2.05) is 23.1 Å². The normalized spacial score (nSPS) is 15.7. The lowest BCUT2D eigenvalue weighted by Gasteiger charge is -2.20. The first-order chi connectivity index (χ1) is 13.6. The number of amides is 1. The van der Waals surface area contributed by atoms with E-state index in [4.69, 9.17) is 0 Å². The standard InChI is InChI=1S/C23H26FN3O/c1-26-13-4-14-27(16-15-26)22(28)12-11-20-19-5-2-3-6-21(19)25-23(20)17-7-9-18(24)10-8-17/h2-3,5-10,25H,4,11-16H2,1H3. The number of rotatable bonds is 4. The number of aromatic amines is 1. The second-order valence-electron chi connectivity index (χ2n) is 7.57. The lowest BCUT2D eigenvalue weighted by molar-refractivity contribution is -0.131. The van der Waals surface area contributed by atoms with Gasteiger partial charge in [0.2, 0.25) is 5.91 Å². The Kier molecular flexibility index (Phi) is 5.44. The lowest BCUT2D eigenvalue weighted by Crippen LogP contribution is -2.34. The van der Waals surface area contributed by atoms with Gasteiger partial charge in [0.1, 0.15) is 5.82 Å². The van der Waals surface area contributed by atoms with E-state index >= 15 is 0 Å². The summed E-state index contributed by atoms with van der Waals surface area (Å²) < 4.78 is 13.4. The van der Waals surface area contributed by atoms with E-state index in [1.165, 1.54) is 12.1 Å². The molecule has 0 atom stereocenters. The maximum atomic E-state index is 13.4. The Bertz CT molecular complexity index is 964. The van der Waals surface area contributed by atoms with Gasteiger partial charge in [-0.15, -0.1) is 0 Å². The molecule has 2 heterocycles. The number of halogens is 1. The molecule has 1 aromatic heterocycles. The molecule has 0 radical (unpaired) electrons. The van der Waals surface area contributed by atoms with Gasteiger partial charge < -0.3 is 14.8 Å². The Morgan fingerprint density at radius 1 is 1.04 bits per heavy atom. The van der Waals surface area contributed by atoms with E-state index in [9.17, 15) is 9.18 Å². The number of aromatic nitrogens is 1. The number of likely N-dealkylation sites (N-methyl/N-ethyl adjacent to an activating group) is 1. The maximum Gasteiger partial charge on any atom is 0.222 e. The molecule has 1 aliphatic rings. The zero-order chi connectivity index (χ0) is 19.5. The predicted molar refractivity (Wildman–Crippen MR) is 111 cm³/mol. The second-order valence-corrected chi connectivity index (χ2v) is 7.57. The van der Waals surface area contributed by atoms with Gasteiger partial charge in [-0.25, -0.2) is 4.39 Å². The summed E-state index contributed by atoms with van der Waals surface area (Å²) in [6, 6.07) is 14.7. The molecule has 5 heteroatoms. The zero-order valence-corrected chi connectivity index (χ0v) is 16.2. The molecule has 0 saturated carbocycles. The zero-order valence-electron chi connectivity index (χ0n) is 16.2. The van der Waals surface area contributed by atoms with E-state index in [2.05, 4.69) is 23.0 Å². The minimum Gasteiger partial charge on any atom is -0.354 e. The molecule has 3 aromatic rings. The minimum atomic E-state index is -0.247. The summed E-state index contributed by atoms with van der Waals surface area (Å²) in [5, 5.41) is 1.13. The summed E-state index contributed by atoms with van der Waals surface area (Å²) in [6.07, 6.45) is 2.18. The van der Waals surface area contributed by atoms with Crippen LogP contribution in [0.1, 0.15) is 18.4 Å². The van der Waals surface area contributed by atoms with Gasteiger partial charge in [0.05, 0.1) is 0 Å². The third-order valence-electron chi connectivity index (χ3n) is 5.61. The number of carbonyl (C=O) groups excluding carboxylic acids is 1. The smallest absolute Gasteiger partial charge is 0.222 e. The summed E-state index contributed by atoms with van der Waals surface area (Å²) in [4.78, 5) is 20.6. The number of nitrogens with one attached hydrogen (secondary N) is 1. The van der Waals surface area contributed by atoms with Crippen molar-refractivity contribution in [1.29, 1.82) is 0 Å². The Balaban J connectivity index is 1.58. The molecule has 0 spiro atoms. The van der Waals surface area contributed by atoms with Crippen LogP contribution in [0.25, 0.3) is 22.2 Å². The maximum absolute atomic E-state index is 13.4. The van der Waals surface area contributed by atoms with Gasteiger partial charge in [0.25, 0.3) is 0 Å². The van der Waals surface area contributed by atoms with Gasteiger partial charge in [-0.1, -0.05) is 18.2 Å². The number of aryl methyl sites for hydroxylation is 1. The van der Waals surface area contributed by atoms with Crippen molar-refractivity contribution in [3.63, 3.8) is 0 Å². The van der Waals surface area contributed by atoms with E-state index in [0.717, 1.165) is 60.3 Å². The van der Waals surface area contributed by atoms with Crippen molar-refractivity contribution in [2.75, 3.05) is 33.2 Å². The van der Waals surface area contributed by atoms with Crippen LogP contribution < -0.4 is 0 Å². The molecule has 0 aliphatic carbocycles. The average Bonchev–Trinajstić information content (AvgIpc) is 2.93. The molecule has 2 aromatic carbocycles. The van der Waals surface area contributed by atoms with Crippen LogP contribution >= 0.6 is 0 Å². The fourth-order valence-corrected chi connectivity index (χ4v) is 4.01. The molecule has 28 heavy (non-hydrogen) atoms. The number of hydrogen-bond acceptors (Lipinski definition) is 2. The Morgan fingerprint density at radius 3 is 2.64 bits per heavy atom. The molecule has 0 unspecified atom stereocenters. The highest BCUT2D eigenvalue weighted by Gasteiger charge is 2.19. The molecule has 1 saturated heterocycles. The fraction of sp³-hybridized carbons (Fsp3) is 0.348. The summed E-state index contributed by atoms with van der Waals surface area (Å²) in [5.74, 6) is -0.0339. The van der Waals surface area contributed by atoms with Crippen LogP contribution in [0.5, 0.6) is 0 Å². The summed E-state index contributed by atoms with van der Waals surface area (Å²) >= 11 is 0. The number of benzene rings is 2. The third kappa shape index (κ3) is 3.94. The molecule has 1 aliphatic heterocycles. The van der Waals surface area contributed by atoms with Crippen molar-refractivity contribution in [3.05, 3.63) is 59.9 Å². The van der Waals surface area contributed by atoms with Gasteiger partial charge in [-0.2, -0.15) is 0 Å². The summed E-state index contributed by atoms with van der Waals surface area (Å²) in [6.45, 7) is 3.61. The molecule has 1 fully saturated rings. The van der Waals surface area contributed by atoms with Crippen molar-refractivity contribution >= 4 is 16.8 Å². The molecular formula is C23H26FN3O. The molecule has 4 nitrogen and oxygen atoms in total. The number of fused-ring (bicyclic) bond motifs is 1. The minimum absolute atomic E-state index is 0.214. The predicted octanol–water partition coefficient (Wildman–Crippen LogP) is 4.07. The number of hydrogen-bond donors (Lipinski definition) is 1. The largest absolute Gasteiger partial charge is 0.354 e. The van der Waals surface area contributed by atoms with Crippen molar-refractivity contribution in [3.8, 4) is 11.3 Å². The van der Waals surface area contributed by atoms with Crippen LogP contribution in [0.15, 0.2) is 48.5 Å². The third-order valence-corrected chi connectivity index (χ3v) is 5.61. The fourth-order valence-electron chi connectivity index (χ4n) is 4.01. The lowest BCUT2D eigenvalue weighted by atomic mass is 10.0. The second kappa shape index (κ2) is 8.15. The van der Waals surface area contributed by atoms with Crippen LogP contribution in [0.4, 0.5) is 4.39 Å². The first-order valence-electron chi connectivity index (χ1n) is 9.93. The highest BCUT2D eigenvalue weighted by atomic mass is 19.1. The highest BCUT2D eigenvalue weighted by Crippen LogP contribution is 2.31. The van der Waals surface area contributed by atoms with Crippen molar-refractivity contribution in [2.45, 2.75) is 19.3 Å². The van der Waals surface area contributed by atoms with Gasteiger partial charge in [0, 0.05) is 42.7 Å². The van der Waals surface area contributed by atoms with Crippen molar-refractivity contribution < 1.29 is 9.18 Å². The quantitative estimate of drug-likeness (QED) is 0.742. The van der Waals surface area contributed by atoms with E-state index < -0.39 is 0 Å². The Morgan fingerprint density at radius 2 is 1.82 bits per heavy atom. The van der Waals surface area contributed by atoms with Gasteiger partial charge in [0.15, 0.2) is 0 Å². The number of para-hydroxylation sites is 1. The van der Waals surface area contributed by atoms with Gasteiger partial charge in [-0.05, 0) is 67.9 Å². The molecule has 146 valence electrons. The van der Waals surface area contributed by atoms with E-state index in [0.29, 0.717) is 12.8 Å². The molecule has 1 amide bonds. The Labute approximate surface area is 165 Å². The summed E-state index contributed by atoms with van der Waals surface area (Å²) in [7, 11) is 2.11. The molecular weight excluding hydrogens is 353 g/mol. The molecule has 0 bridgehead atoms. The van der Waals surface area contributed by atoms with Gasteiger partial charge in [-0.3, -0.25) is 4.79 Å². The van der Waals surface area contributed by atoms with Crippen LogP contribution in [0, 0.1) is 5.82 Å². The molecule has 1 N–H and O–H groups in total. The first kappa shape index (κ1) is 18.7. The Hall–Kier alpha value is -2.66. The number of H-pyrrole nitrogens is 1. The van der Waals surface area contributed by atoms with Crippen LogP contribution in [-0.4, -0.2) is 53.9 Å². The number of carbonyl (C=O) groups is 1. The van der Waals surface area contributed by atoms with Crippen LogP contribution in [0.3, 0.4) is 0 Å². The van der Waals surface area contributed by atoms with E-state index in [-0.39, 0.29) is 11.7 Å². The monoisotopic (exact) mass is 379 g/mol. The van der Waals surface area contributed by atoms with Crippen molar-refractivity contribution in [2.24, 2.45) is 0 Å². The van der Waals surface area contributed by atoms with Crippen molar-refractivity contribution in [1.82, 2.24) is 14.8 Å². The van der Waals surface area contributed by atoms with Crippen LogP contribution in [0.2, 0.25) is 0 Å². The topological polar surface area (TPSA) is 39.3 Å². The molecule has 4 rings (SSSR count). The average molecular weight is 379 g/mol.